The zero-order valence-electron chi connectivity index (χ0n) is 16.0. The van der Waals surface area contributed by atoms with E-state index in [1.54, 1.807) is 0 Å². The molecule has 154 valence electrons. The molecule has 29 heavy (non-hydrogen) atoms. The van der Waals surface area contributed by atoms with Crippen LogP contribution in [0, 0.1) is 6.92 Å². The fourth-order valence-corrected chi connectivity index (χ4v) is 3.93. The number of rotatable bonds is 5. The van der Waals surface area contributed by atoms with Gasteiger partial charge in [0, 0.05) is 24.7 Å². The van der Waals surface area contributed by atoms with Gasteiger partial charge in [0.2, 0.25) is 5.91 Å². The third-order valence-electron chi connectivity index (χ3n) is 4.96. The number of hydrogen-bond acceptors (Lipinski definition) is 3. The number of piperidine rings is 1. The molecule has 0 unspecified atom stereocenters. The molecule has 0 aliphatic carbocycles. The summed E-state index contributed by atoms with van der Waals surface area (Å²) < 4.78 is 0. The number of anilines is 1. The van der Waals surface area contributed by atoms with Crippen molar-refractivity contribution in [1.82, 2.24) is 10.2 Å². The molecule has 2 N–H and O–H groups in total. The molecular weight excluding hydrogens is 433 g/mol. The van der Waals surface area contributed by atoms with Crippen LogP contribution in [-0.2, 0) is 4.79 Å². The van der Waals surface area contributed by atoms with Crippen LogP contribution in [0.15, 0.2) is 36.4 Å². The second kappa shape index (κ2) is 9.81. The number of nitrogens with one attached hydrogen (secondary N) is 2. The van der Waals surface area contributed by atoms with Gasteiger partial charge >= 0.3 is 0 Å². The number of likely N-dealkylation sites (tertiary alicyclic amines) is 1. The van der Waals surface area contributed by atoms with Gasteiger partial charge in [0.25, 0.3) is 5.91 Å². The molecule has 2 aromatic carbocycles. The summed E-state index contributed by atoms with van der Waals surface area (Å²) >= 11 is 18.0. The molecule has 3 rings (SSSR count). The molecule has 1 aliphatic heterocycles. The van der Waals surface area contributed by atoms with Gasteiger partial charge in [0.05, 0.1) is 27.3 Å². The van der Waals surface area contributed by atoms with E-state index in [9.17, 15) is 9.59 Å². The second-order valence-electron chi connectivity index (χ2n) is 7.13. The summed E-state index contributed by atoms with van der Waals surface area (Å²) in [5.41, 5.74) is 2.10. The van der Waals surface area contributed by atoms with Gasteiger partial charge in [-0.2, -0.15) is 0 Å². The van der Waals surface area contributed by atoms with E-state index in [4.69, 9.17) is 34.8 Å². The number of halogens is 3. The average Bonchev–Trinajstić information content (AvgIpc) is 2.68. The van der Waals surface area contributed by atoms with Crippen molar-refractivity contribution in [3.63, 3.8) is 0 Å². The minimum absolute atomic E-state index is 0.0476. The maximum absolute atomic E-state index is 12.5. The Morgan fingerprint density at radius 2 is 1.69 bits per heavy atom. The first-order valence-electron chi connectivity index (χ1n) is 9.36. The Bertz CT molecular complexity index is 912. The first-order chi connectivity index (χ1) is 13.8. The molecule has 1 heterocycles. The van der Waals surface area contributed by atoms with Gasteiger partial charge in [-0.05, 0) is 43.5 Å². The zero-order valence-corrected chi connectivity index (χ0v) is 18.2. The van der Waals surface area contributed by atoms with Crippen molar-refractivity contribution in [3.05, 3.63) is 62.6 Å². The molecule has 0 bridgehead atoms. The largest absolute Gasteiger partial charge is 0.349 e. The van der Waals surface area contributed by atoms with Crippen molar-refractivity contribution in [2.75, 3.05) is 25.0 Å². The van der Waals surface area contributed by atoms with Crippen LogP contribution < -0.4 is 10.6 Å². The summed E-state index contributed by atoms with van der Waals surface area (Å²) in [7, 11) is 0. The van der Waals surface area contributed by atoms with Crippen LogP contribution in [0.5, 0.6) is 0 Å². The van der Waals surface area contributed by atoms with Gasteiger partial charge in [-0.3, -0.25) is 14.5 Å². The van der Waals surface area contributed by atoms with Gasteiger partial charge in [-0.15, -0.1) is 0 Å². The normalized spacial score (nSPS) is 15.2. The Kier molecular flexibility index (Phi) is 7.41. The van der Waals surface area contributed by atoms with Crippen LogP contribution in [0.25, 0.3) is 0 Å². The third kappa shape index (κ3) is 5.86. The molecule has 0 saturated carbocycles. The predicted octanol–water partition coefficient (Wildman–Crippen LogP) is 4.79. The molecule has 1 aliphatic rings. The highest BCUT2D eigenvalue weighted by molar-refractivity contribution is 6.44. The first kappa shape index (κ1) is 21.9. The minimum atomic E-state index is -0.173. The quantitative estimate of drug-likeness (QED) is 0.639. The van der Waals surface area contributed by atoms with Crippen molar-refractivity contribution in [2.24, 2.45) is 0 Å². The number of amides is 2. The zero-order chi connectivity index (χ0) is 21.0. The summed E-state index contributed by atoms with van der Waals surface area (Å²) in [6.45, 7) is 3.62. The lowest BCUT2D eigenvalue weighted by Crippen LogP contribution is -2.46. The fourth-order valence-electron chi connectivity index (χ4n) is 3.34. The molecule has 0 spiro atoms. The SMILES string of the molecule is Cc1ccccc1C(=O)NC1CCN(CC(=O)Nc2cc(Cl)c(Cl)cc2Cl)CC1. The van der Waals surface area contributed by atoms with Gasteiger partial charge in [-0.25, -0.2) is 0 Å². The molecule has 0 aromatic heterocycles. The molecule has 0 atom stereocenters. The molecule has 2 amide bonds. The molecule has 0 radical (unpaired) electrons. The van der Waals surface area contributed by atoms with Crippen molar-refractivity contribution >= 4 is 52.3 Å². The number of carbonyl (C=O) groups excluding carboxylic acids is 2. The number of benzene rings is 2. The molecule has 1 fully saturated rings. The van der Waals surface area contributed by atoms with Crippen LogP contribution in [0.3, 0.4) is 0 Å². The van der Waals surface area contributed by atoms with Gasteiger partial charge in [-0.1, -0.05) is 53.0 Å². The van der Waals surface area contributed by atoms with Crippen molar-refractivity contribution < 1.29 is 9.59 Å². The van der Waals surface area contributed by atoms with Crippen LogP contribution >= 0.6 is 34.8 Å². The monoisotopic (exact) mass is 453 g/mol. The van der Waals surface area contributed by atoms with Gasteiger partial charge in [0.1, 0.15) is 0 Å². The van der Waals surface area contributed by atoms with Crippen LogP contribution in [-0.4, -0.2) is 42.4 Å². The van der Waals surface area contributed by atoms with E-state index in [0.717, 1.165) is 31.5 Å². The smallest absolute Gasteiger partial charge is 0.251 e. The number of hydrogen-bond donors (Lipinski definition) is 2. The Labute approximate surface area is 185 Å². The van der Waals surface area contributed by atoms with E-state index < -0.39 is 0 Å². The van der Waals surface area contributed by atoms with Crippen LogP contribution in [0.1, 0.15) is 28.8 Å². The van der Waals surface area contributed by atoms with E-state index in [2.05, 4.69) is 15.5 Å². The lowest BCUT2D eigenvalue weighted by Gasteiger charge is -2.32. The number of nitrogens with zero attached hydrogens (tertiary/aromatic N) is 1. The maximum Gasteiger partial charge on any atom is 0.251 e. The van der Waals surface area contributed by atoms with Crippen LogP contribution in [0.4, 0.5) is 5.69 Å². The molecule has 5 nitrogen and oxygen atoms in total. The Balaban J connectivity index is 1.47. The van der Waals surface area contributed by atoms with E-state index in [-0.39, 0.29) is 24.4 Å². The molecule has 1 saturated heterocycles. The predicted molar refractivity (Wildman–Crippen MR) is 118 cm³/mol. The highest BCUT2D eigenvalue weighted by Crippen LogP contribution is 2.32. The Hall–Kier alpha value is -1.79. The third-order valence-corrected chi connectivity index (χ3v) is 6.00. The topological polar surface area (TPSA) is 61.4 Å². The fraction of sp³-hybridized carbons (Fsp3) is 0.333. The average molecular weight is 455 g/mol. The second-order valence-corrected chi connectivity index (χ2v) is 8.35. The van der Waals surface area contributed by atoms with E-state index in [1.807, 2.05) is 31.2 Å². The van der Waals surface area contributed by atoms with E-state index in [1.165, 1.54) is 12.1 Å². The Morgan fingerprint density at radius 1 is 1.03 bits per heavy atom. The van der Waals surface area contributed by atoms with E-state index >= 15 is 0 Å². The minimum Gasteiger partial charge on any atom is -0.349 e. The Morgan fingerprint density at radius 3 is 2.38 bits per heavy atom. The summed E-state index contributed by atoms with van der Waals surface area (Å²) in [5, 5.41) is 6.88. The highest BCUT2D eigenvalue weighted by atomic mass is 35.5. The van der Waals surface area contributed by atoms with Gasteiger partial charge < -0.3 is 10.6 Å². The summed E-state index contributed by atoms with van der Waals surface area (Å²) in [5.74, 6) is -0.221. The van der Waals surface area contributed by atoms with Crippen molar-refractivity contribution in [2.45, 2.75) is 25.8 Å². The molecular formula is C21H22Cl3N3O2. The van der Waals surface area contributed by atoms with E-state index in [0.29, 0.717) is 26.3 Å². The number of carbonyl (C=O) groups is 2. The summed E-state index contributed by atoms with van der Waals surface area (Å²) in [4.78, 5) is 26.9. The van der Waals surface area contributed by atoms with Crippen molar-refractivity contribution in [1.29, 1.82) is 0 Å². The standard InChI is InChI=1S/C21H22Cl3N3O2/c1-13-4-2-3-5-15(13)21(29)25-14-6-8-27(9-7-14)12-20(28)26-19-11-17(23)16(22)10-18(19)24/h2-5,10-11,14H,6-9,12H2,1H3,(H,25,29)(H,26,28). The lowest BCUT2D eigenvalue weighted by atomic mass is 10.0. The summed E-state index contributed by atoms with van der Waals surface area (Å²) in [6, 6.07) is 10.7. The van der Waals surface area contributed by atoms with Gasteiger partial charge in [0.15, 0.2) is 0 Å². The maximum atomic E-state index is 12.5. The lowest BCUT2D eigenvalue weighted by molar-refractivity contribution is -0.117. The molecule has 8 heteroatoms. The van der Waals surface area contributed by atoms with Crippen molar-refractivity contribution in [3.8, 4) is 0 Å². The molecule has 2 aromatic rings. The first-order valence-corrected chi connectivity index (χ1v) is 10.5. The van der Waals surface area contributed by atoms with Crippen LogP contribution in [0.2, 0.25) is 15.1 Å². The number of aryl methyl sites for hydroxylation is 1. The highest BCUT2D eigenvalue weighted by Gasteiger charge is 2.23. The summed E-state index contributed by atoms with van der Waals surface area (Å²) in [6.07, 6.45) is 1.58.